The monoisotopic (exact) mass is 402 g/mol. The molecule has 0 N–H and O–H groups in total. The van der Waals surface area contributed by atoms with E-state index < -0.39 is 9.84 Å². The smallest absolute Gasteiger partial charge is 0.226 e. The average Bonchev–Trinajstić information content (AvgIpc) is 3.15. The van der Waals surface area contributed by atoms with E-state index in [2.05, 4.69) is 14.9 Å². The average molecular weight is 402 g/mol. The molecule has 0 amide bonds. The van der Waals surface area contributed by atoms with Crippen LogP contribution in [0.5, 0.6) is 5.88 Å². The van der Waals surface area contributed by atoms with Crippen LogP contribution in [0.25, 0.3) is 22.4 Å². The molecule has 0 atom stereocenters. The highest BCUT2D eigenvalue weighted by Gasteiger charge is 2.20. The van der Waals surface area contributed by atoms with Gasteiger partial charge >= 0.3 is 0 Å². The number of furan rings is 1. The molecule has 9 heteroatoms. The lowest BCUT2D eigenvalue weighted by Gasteiger charge is -2.26. The zero-order chi connectivity index (χ0) is 19.7. The number of rotatable bonds is 5. The quantitative estimate of drug-likeness (QED) is 0.642. The molecule has 4 heterocycles. The molecule has 0 saturated carbocycles. The number of fused-ring (bicyclic) bond motifs is 1. The molecular weight excluding hydrogens is 380 g/mol. The summed E-state index contributed by atoms with van der Waals surface area (Å²) in [6.45, 7) is 1.84. The highest BCUT2D eigenvalue weighted by Crippen LogP contribution is 2.32. The lowest BCUT2D eigenvalue weighted by molar-refractivity contribution is 0.394. The van der Waals surface area contributed by atoms with Crippen molar-refractivity contribution in [1.29, 1.82) is 0 Å². The lowest BCUT2D eigenvalue weighted by Crippen LogP contribution is -2.31. The number of ether oxygens (including phenoxy) is 1. The van der Waals surface area contributed by atoms with E-state index in [0.29, 0.717) is 33.9 Å². The van der Waals surface area contributed by atoms with Crippen molar-refractivity contribution in [3.8, 4) is 17.1 Å². The standard InChI is InChI=1S/C19H22N4O4S/c1-26-18-14(12-28(2,24)25)10-13(11-20-18)16-17-15(6-9-27-17)21-19(22-16)23-7-4-3-5-8-23/h6,9-11H,3-5,7-8,12H2,1-2H3. The number of anilines is 1. The van der Waals surface area contributed by atoms with Crippen LogP contribution in [-0.2, 0) is 15.6 Å². The summed E-state index contributed by atoms with van der Waals surface area (Å²) >= 11 is 0. The van der Waals surface area contributed by atoms with E-state index >= 15 is 0 Å². The molecule has 1 fully saturated rings. The van der Waals surface area contributed by atoms with E-state index in [-0.39, 0.29) is 11.6 Å². The Balaban J connectivity index is 1.83. The van der Waals surface area contributed by atoms with Crippen LogP contribution in [0.15, 0.2) is 29.0 Å². The van der Waals surface area contributed by atoms with Crippen molar-refractivity contribution in [3.63, 3.8) is 0 Å². The van der Waals surface area contributed by atoms with Gasteiger partial charge in [-0.2, -0.15) is 0 Å². The van der Waals surface area contributed by atoms with E-state index in [1.165, 1.54) is 19.8 Å². The first-order valence-electron chi connectivity index (χ1n) is 9.16. The molecule has 0 unspecified atom stereocenters. The Morgan fingerprint density at radius 2 is 2.00 bits per heavy atom. The fraction of sp³-hybridized carbons (Fsp3) is 0.421. The summed E-state index contributed by atoms with van der Waals surface area (Å²) in [6, 6.07) is 3.56. The summed E-state index contributed by atoms with van der Waals surface area (Å²) < 4.78 is 34.5. The molecule has 0 aromatic carbocycles. The summed E-state index contributed by atoms with van der Waals surface area (Å²) in [7, 11) is -1.78. The van der Waals surface area contributed by atoms with Crippen LogP contribution in [0.3, 0.4) is 0 Å². The summed E-state index contributed by atoms with van der Waals surface area (Å²) in [5, 5.41) is 0. The molecule has 28 heavy (non-hydrogen) atoms. The minimum absolute atomic E-state index is 0.164. The highest BCUT2D eigenvalue weighted by molar-refractivity contribution is 7.89. The molecule has 0 aliphatic carbocycles. The third-order valence-electron chi connectivity index (χ3n) is 4.74. The first kappa shape index (κ1) is 18.7. The van der Waals surface area contributed by atoms with Crippen molar-refractivity contribution in [2.24, 2.45) is 0 Å². The van der Waals surface area contributed by atoms with Crippen molar-refractivity contribution in [1.82, 2.24) is 15.0 Å². The first-order chi connectivity index (χ1) is 13.4. The Hall–Kier alpha value is -2.68. The van der Waals surface area contributed by atoms with Crippen molar-refractivity contribution in [2.45, 2.75) is 25.0 Å². The van der Waals surface area contributed by atoms with Crippen molar-refractivity contribution in [3.05, 3.63) is 30.2 Å². The van der Waals surface area contributed by atoms with Crippen LogP contribution in [0.1, 0.15) is 24.8 Å². The fourth-order valence-corrected chi connectivity index (χ4v) is 4.25. The minimum Gasteiger partial charge on any atom is -0.481 e. The zero-order valence-corrected chi connectivity index (χ0v) is 16.7. The third kappa shape index (κ3) is 3.80. The molecular formula is C19H22N4O4S. The number of sulfone groups is 1. The molecule has 3 aromatic rings. The third-order valence-corrected chi connectivity index (χ3v) is 5.58. The van der Waals surface area contributed by atoms with Crippen LogP contribution in [0.2, 0.25) is 0 Å². The Bertz CT molecular complexity index is 1100. The number of aromatic nitrogens is 3. The maximum Gasteiger partial charge on any atom is 0.226 e. The Morgan fingerprint density at radius 1 is 1.21 bits per heavy atom. The summed E-state index contributed by atoms with van der Waals surface area (Å²) in [5.74, 6) is 0.779. The van der Waals surface area contributed by atoms with Gasteiger partial charge < -0.3 is 14.1 Å². The van der Waals surface area contributed by atoms with Gasteiger partial charge in [0, 0.05) is 42.7 Å². The van der Waals surface area contributed by atoms with Gasteiger partial charge in [-0.15, -0.1) is 0 Å². The molecule has 4 rings (SSSR count). The van der Waals surface area contributed by atoms with Crippen molar-refractivity contribution in [2.75, 3.05) is 31.4 Å². The Morgan fingerprint density at radius 3 is 2.71 bits per heavy atom. The van der Waals surface area contributed by atoms with Gasteiger partial charge in [0.15, 0.2) is 15.4 Å². The molecule has 0 bridgehead atoms. The molecule has 1 aliphatic heterocycles. The number of piperidine rings is 1. The molecule has 0 spiro atoms. The largest absolute Gasteiger partial charge is 0.481 e. The van der Waals surface area contributed by atoms with Gasteiger partial charge in [0.2, 0.25) is 11.8 Å². The summed E-state index contributed by atoms with van der Waals surface area (Å²) in [4.78, 5) is 15.9. The van der Waals surface area contributed by atoms with Crippen molar-refractivity contribution < 1.29 is 17.6 Å². The lowest BCUT2D eigenvalue weighted by atomic mass is 10.1. The van der Waals surface area contributed by atoms with Crippen LogP contribution in [0.4, 0.5) is 5.95 Å². The van der Waals surface area contributed by atoms with Crippen LogP contribution >= 0.6 is 0 Å². The highest BCUT2D eigenvalue weighted by atomic mass is 32.2. The van der Waals surface area contributed by atoms with Gasteiger partial charge in [0.1, 0.15) is 11.2 Å². The number of nitrogens with zero attached hydrogens (tertiary/aromatic N) is 4. The molecule has 8 nitrogen and oxygen atoms in total. The fourth-order valence-electron chi connectivity index (χ4n) is 3.48. The van der Waals surface area contributed by atoms with Gasteiger partial charge in [0.25, 0.3) is 0 Å². The number of hydrogen-bond donors (Lipinski definition) is 0. The van der Waals surface area contributed by atoms with E-state index in [9.17, 15) is 8.42 Å². The van der Waals surface area contributed by atoms with E-state index in [1.54, 1.807) is 18.5 Å². The normalized spacial score (nSPS) is 15.1. The second-order valence-corrected chi connectivity index (χ2v) is 9.16. The summed E-state index contributed by atoms with van der Waals surface area (Å²) in [5.41, 5.74) is 3.02. The van der Waals surface area contributed by atoms with E-state index in [0.717, 1.165) is 25.9 Å². The first-order valence-corrected chi connectivity index (χ1v) is 11.2. The van der Waals surface area contributed by atoms with Crippen LogP contribution in [0, 0.1) is 0 Å². The Labute approximate surface area is 163 Å². The maximum absolute atomic E-state index is 11.8. The van der Waals surface area contributed by atoms with E-state index in [4.69, 9.17) is 14.1 Å². The number of hydrogen-bond acceptors (Lipinski definition) is 8. The van der Waals surface area contributed by atoms with Gasteiger partial charge in [-0.3, -0.25) is 0 Å². The molecule has 1 aliphatic rings. The van der Waals surface area contributed by atoms with Gasteiger partial charge in [-0.1, -0.05) is 0 Å². The molecule has 1 saturated heterocycles. The second kappa shape index (κ2) is 7.38. The van der Waals surface area contributed by atoms with Crippen LogP contribution < -0.4 is 9.64 Å². The molecule has 148 valence electrons. The van der Waals surface area contributed by atoms with Gasteiger partial charge in [0.05, 0.1) is 19.1 Å². The van der Waals surface area contributed by atoms with E-state index in [1.807, 2.05) is 6.07 Å². The zero-order valence-electron chi connectivity index (χ0n) is 15.9. The van der Waals surface area contributed by atoms with Crippen molar-refractivity contribution >= 4 is 26.9 Å². The Kier molecular flexibility index (Phi) is 4.92. The number of pyridine rings is 1. The number of methoxy groups -OCH3 is 1. The topological polar surface area (TPSA) is 98.4 Å². The second-order valence-electron chi connectivity index (χ2n) is 7.02. The minimum atomic E-state index is -3.25. The SMILES string of the molecule is COc1ncc(-c2nc(N3CCCCC3)nc3ccoc23)cc1CS(C)(=O)=O. The molecule has 3 aromatic heterocycles. The predicted octanol–water partition coefficient (Wildman–Crippen LogP) is 2.83. The van der Waals surface area contributed by atoms with Crippen LogP contribution in [-0.4, -0.2) is 49.8 Å². The molecule has 0 radical (unpaired) electrons. The maximum atomic E-state index is 11.8. The van der Waals surface area contributed by atoms with Gasteiger partial charge in [-0.25, -0.2) is 23.4 Å². The predicted molar refractivity (Wildman–Crippen MR) is 106 cm³/mol. The van der Waals surface area contributed by atoms with Gasteiger partial charge in [-0.05, 0) is 25.3 Å². The summed E-state index contributed by atoms with van der Waals surface area (Å²) in [6.07, 6.45) is 7.83.